The van der Waals surface area contributed by atoms with Crippen LogP contribution >= 0.6 is 11.3 Å². The third kappa shape index (κ3) is 4.04. The van der Waals surface area contributed by atoms with E-state index in [2.05, 4.69) is 36.3 Å². The minimum Gasteiger partial charge on any atom is -0.399 e. The van der Waals surface area contributed by atoms with Crippen LogP contribution in [0.1, 0.15) is 30.8 Å². The summed E-state index contributed by atoms with van der Waals surface area (Å²) in [6.45, 7) is 5.33. The highest BCUT2D eigenvalue weighted by atomic mass is 32.1. The summed E-state index contributed by atoms with van der Waals surface area (Å²) >= 11 is 1.70. The van der Waals surface area contributed by atoms with Crippen molar-refractivity contribution < 1.29 is 0 Å². The number of nitrogens with zero attached hydrogens (tertiary/aromatic N) is 1. The van der Waals surface area contributed by atoms with Crippen molar-refractivity contribution in [1.29, 1.82) is 0 Å². The Kier molecular flexibility index (Phi) is 4.56. The van der Waals surface area contributed by atoms with Gasteiger partial charge in [-0.2, -0.15) is 0 Å². The van der Waals surface area contributed by atoms with E-state index in [9.17, 15) is 0 Å². The smallest absolute Gasteiger partial charge is 0.112 e. The van der Waals surface area contributed by atoms with Crippen molar-refractivity contribution in [2.24, 2.45) is 0 Å². The van der Waals surface area contributed by atoms with E-state index in [1.165, 1.54) is 5.56 Å². The molecule has 0 unspecified atom stereocenters. The lowest BCUT2D eigenvalue weighted by Gasteiger charge is -2.23. The van der Waals surface area contributed by atoms with E-state index in [-0.39, 0.29) is 5.54 Å². The lowest BCUT2D eigenvalue weighted by molar-refractivity contribution is 0.398. The molecule has 0 saturated heterocycles. The molecule has 0 atom stereocenters. The normalized spacial score (nSPS) is 11.7. The molecule has 3 nitrogen and oxygen atoms in total. The molecule has 2 rings (SSSR count). The van der Waals surface area contributed by atoms with E-state index in [0.29, 0.717) is 0 Å². The molecular weight excluding hydrogens is 254 g/mol. The lowest BCUT2D eigenvalue weighted by atomic mass is 10.1. The Hall–Kier alpha value is -1.39. The van der Waals surface area contributed by atoms with Crippen LogP contribution in [0.15, 0.2) is 35.8 Å². The molecule has 1 aromatic carbocycles. The molecule has 1 aromatic heterocycles. The second kappa shape index (κ2) is 6.17. The van der Waals surface area contributed by atoms with Crippen LogP contribution in [0.3, 0.4) is 0 Å². The minimum atomic E-state index is -0.0463. The number of nitrogens with one attached hydrogen (secondary N) is 1. The number of hydrogen-bond acceptors (Lipinski definition) is 4. The maximum Gasteiger partial charge on any atom is 0.112 e. The highest BCUT2D eigenvalue weighted by Crippen LogP contribution is 2.21. The number of anilines is 1. The summed E-state index contributed by atoms with van der Waals surface area (Å²) in [5, 5.41) is 6.73. The largest absolute Gasteiger partial charge is 0.399 e. The van der Waals surface area contributed by atoms with Gasteiger partial charge in [0.05, 0.1) is 5.54 Å². The maximum atomic E-state index is 5.67. The topological polar surface area (TPSA) is 50.9 Å². The molecule has 2 aromatic rings. The van der Waals surface area contributed by atoms with Crippen LogP contribution in [0.5, 0.6) is 0 Å². The standard InChI is InChI=1S/C15H21N3S/c1-15(2,14-17-10-11-19-14)18-9-3-4-12-5-7-13(16)8-6-12/h5-8,10-11,18H,3-4,9,16H2,1-2H3. The number of thiazole rings is 1. The summed E-state index contributed by atoms with van der Waals surface area (Å²) in [5.41, 5.74) is 7.79. The number of aryl methyl sites for hydroxylation is 1. The van der Waals surface area contributed by atoms with Crippen molar-refractivity contribution in [2.75, 3.05) is 12.3 Å². The Morgan fingerprint density at radius 2 is 2.00 bits per heavy atom. The van der Waals surface area contributed by atoms with Crippen LogP contribution in [0, 0.1) is 0 Å². The van der Waals surface area contributed by atoms with Crippen molar-refractivity contribution in [3.63, 3.8) is 0 Å². The monoisotopic (exact) mass is 275 g/mol. The molecule has 102 valence electrons. The second-order valence-electron chi connectivity index (χ2n) is 5.23. The number of benzene rings is 1. The molecule has 0 saturated carbocycles. The van der Waals surface area contributed by atoms with Crippen LogP contribution in [0.4, 0.5) is 5.69 Å². The molecule has 0 amide bonds. The van der Waals surface area contributed by atoms with Crippen molar-refractivity contribution in [3.8, 4) is 0 Å². The molecule has 0 aliphatic heterocycles. The summed E-state index contributed by atoms with van der Waals surface area (Å²) in [7, 11) is 0. The van der Waals surface area contributed by atoms with E-state index >= 15 is 0 Å². The Morgan fingerprint density at radius 3 is 2.63 bits per heavy atom. The first-order valence-electron chi connectivity index (χ1n) is 6.57. The highest BCUT2D eigenvalue weighted by Gasteiger charge is 2.21. The van der Waals surface area contributed by atoms with Crippen molar-refractivity contribution in [2.45, 2.75) is 32.2 Å². The van der Waals surface area contributed by atoms with Crippen LogP contribution in [0.25, 0.3) is 0 Å². The van der Waals surface area contributed by atoms with E-state index in [0.717, 1.165) is 30.1 Å². The Labute approximate surface area is 118 Å². The number of aromatic nitrogens is 1. The Bertz CT molecular complexity index is 489. The zero-order valence-electron chi connectivity index (χ0n) is 11.5. The molecule has 1 heterocycles. The highest BCUT2D eigenvalue weighted by molar-refractivity contribution is 7.09. The number of hydrogen-bond donors (Lipinski definition) is 2. The third-order valence-electron chi connectivity index (χ3n) is 3.16. The van der Waals surface area contributed by atoms with Gasteiger partial charge in [-0.05, 0) is 50.9 Å². The molecular formula is C15H21N3S. The van der Waals surface area contributed by atoms with Gasteiger partial charge in [-0.3, -0.25) is 0 Å². The average Bonchev–Trinajstić information content (AvgIpc) is 2.91. The van der Waals surface area contributed by atoms with Crippen molar-refractivity contribution in [1.82, 2.24) is 10.3 Å². The number of nitrogen functional groups attached to an aromatic ring is 1. The molecule has 0 aliphatic rings. The van der Waals surface area contributed by atoms with Crippen LogP contribution in [-0.4, -0.2) is 11.5 Å². The molecule has 0 radical (unpaired) electrons. The summed E-state index contributed by atoms with van der Waals surface area (Å²) in [4.78, 5) is 4.38. The van der Waals surface area contributed by atoms with Gasteiger partial charge in [-0.15, -0.1) is 11.3 Å². The fourth-order valence-corrected chi connectivity index (χ4v) is 2.72. The van der Waals surface area contributed by atoms with Gasteiger partial charge in [0.25, 0.3) is 0 Å². The zero-order valence-corrected chi connectivity index (χ0v) is 12.3. The number of nitrogens with two attached hydrogens (primary N) is 1. The Balaban J connectivity index is 1.76. The molecule has 0 bridgehead atoms. The average molecular weight is 275 g/mol. The van der Waals surface area contributed by atoms with Gasteiger partial charge in [0.1, 0.15) is 5.01 Å². The first kappa shape index (κ1) is 14.0. The molecule has 0 spiro atoms. The van der Waals surface area contributed by atoms with Crippen molar-refractivity contribution in [3.05, 3.63) is 46.4 Å². The van der Waals surface area contributed by atoms with E-state index in [1.54, 1.807) is 11.3 Å². The van der Waals surface area contributed by atoms with Gasteiger partial charge in [0, 0.05) is 17.3 Å². The Morgan fingerprint density at radius 1 is 1.26 bits per heavy atom. The van der Waals surface area contributed by atoms with E-state index in [4.69, 9.17) is 5.73 Å². The first-order valence-corrected chi connectivity index (χ1v) is 7.45. The predicted molar refractivity (Wildman–Crippen MR) is 82.3 cm³/mol. The van der Waals surface area contributed by atoms with Gasteiger partial charge < -0.3 is 11.1 Å². The summed E-state index contributed by atoms with van der Waals surface area (Å²) in [6, 6.07) is 8.12. The van der Waals surface area contributed by atoms with Gasteiger partial charge in [-0.25, -0.2) is 4.98 Å². The zero-order chi connectivity index (χ0) is 13.7. The SMILES string of the molecule is CC(C)(NCCCc1ccc(N)cc1)c1nccs1. The third-order valence-corrected chi connectivity index (χ3v) is 4.25. The molecule has 0 aliphatic carbocycles. The second-order valence-corrected chi connectivity index (χ2v) is 6.13. The van der Waals surface area contributed by atoms with Crippen LogP contribution < -0.4 is 11.1 Å². The molecule has 19 heavy (non-hydrogen) atoms. The molecule has 4 heteroatoms. The maximum absolute atomic E-state index is 5.67. The van der Waals surface area contributed by atoms with Gasteiger partial charge >= 0.3 is 0 Å². The minimum absolute atomic E-state index is 0.0463. The van der Waals surface area contributed by atoms with E-state index < -0.39 is 0 Å². The van der Waals surface area contributed by atoms with Gasteiger partial charge in [0.15, 0.2) is 0 Å². The molecule has 3 N–H and O–H groups in total. The first-order chi connectivity index (χ1) is 9.08. The summed E-state index contributed by atoms with van der Waals surface area (Å²) in [5.74, 6) is 0. The lowest BCUT2D eigenvalue weighted by Crippen LogP contribution is -2.37. The van der Waals surface area contributed by atoms with Crippen molar-refractivity contribution >= 4 is 17.0 Å². The summed E-state index contributed by atoms with van der Waals surface area (Å²) < 4.78 is 0. The fourth-order valence-electron chi connectivity index (χ4n) is 1.99. The number of rotatable bonds is 6. The molecule has 0 fully saturated rings. The van der Waals surface area contributed by atoms with Crippen LogP contribution in [0.2, 0.25) is 0 Å². The van der Waals surface area contributed by atoms with Gasteiger partial charge in [0.2, 0.25) is 0 Å². The fraction of sp³-hybridized carbons (Fsp3) is 0.400. The van der Waals surface area contributed by atoms with E-state index in [1.807, 2.05) is 23.7 Å². The quantitative estimate of drug-likeness (QED) is 0.629. The van der Waals surface area contributed by atoms with Crippen LogP contribution in [-0.2, 0) is 12.0 Å². The predicted octanol–water partition coefficient (Wildman–Crippen LogP) is 3.18. The summed E-state index contributed by atoms with van der Waals surface area (Å²) in [6.07, 6.45) is 4.04. The van der Waals surface area contributed by atoms with Gasteiger partial charge in [-0.1, -0.05) is 12.1 Å².